The van der Waals surface area contributed by atoms with Crippen LogP contribution in [0.4, 0.5) is 0 Å². The van der Waals surface area contributed by atoms with Crippen molar-refractivity contribution in [2.45, 2.75) is 31.0 Å². The number of hydrogen-bond acceptors (Lipinski definition) is 3. The predicted molar refractivity (Wildman–Crippen MR) is 75.2 cm³/mol. The first-order valence-corrected chi connectivity index (χ1v) is 8.11. The molecule has 1 saturated heterocycles. The average molecular weight is 324 g/mol. The molecule has 1 aromatic rings. The number of sulfonamides is 1. The summed E-state index contributed by atoms with van der Waals surface area (Å²) in [6.45, 7) is 4.32. The summed E-state index contributed by atoms with van der Waals surface area (Å²) in [7, 11) is -3.64. The first kappa shape index (κ1) is 15.1. The molecule has 1 aliphatic rings. The van der Waals surface area contributed by atoms with Gasteiger partial charge in [-0.3, -0.25) is 0 Å². The standard InChI is InChI=1S/C12H15Cl2NO3S/c1-8-6-15(7-9(2)18-8)19(16,17)12-5-10(13)3-4-11(12)14/h3-5,8-9H,6-7H2,1-2H3. The summed E-state index contributed by atoms with van der Waals surface area (Å²) in [5, 5.41) is 0.522. The van der Waals surface area contributed by atoms with E-state index >= 15 is 0 Å². The third-order valence-corrected chi connectivity index (χ3v) is 5.45. The molecule has 2 rings (SSSR count). The highest BCUT2D eigenvalue weighted by atomic mass is 35.5. The molecule has 106 valence electrons. The molecular formula is C12H15Cl2NO3S. The fourth-order valence-electron chi connectivity index (χ4n) is 2.14. The van der Waals surface area contributed by atoms with E-state index in [0.29, 0.717) is 18.1 Å². The lowest BCUT2D eigenvalue weighted by Crippen LogP contribution is -2.48. The van der Waals surface area contributed by atoms with Gasteiger partial charge in [0.05, 0.1) is 17.2 Å². The topological polar surface area (TPSA) is 46.6 Å². The number of halogens is 2. The van der Waals surface area contributed by atoms with E-state index in [1.54, 1.807) is 6.07 Å². The first-order valence-electron chi connectivity index (χ1n) is 5.91. The zero-order valence-electron chi connectivity index (χ0n) is 10.6. The van der Waals surface area contributed by atoms with Crippen LogP contribution in [-0.2, 0) is 14.8 Å². The van der Waals surface area contributed by atoms with Crippen molar-refractivity contribution in [2.75, 3.05) is 13.1 Å². The van der Waals surface area contributed by atoms with E-state index in [4.69, 9.17) is 27.9 Å². The van der Waals surface area contributed by atoms with Gasteiger partial charge in [-0.25, -0.2) is 8.42 Å². The van der Waals surface area contributed by atoms with Crippen molar-refractivity contribution >= 4 is 33.2 Å². The Morgan fingerprint density at radius 2 is 1.79 bits per heavy atom. The number of nitrogens with zero attached hydrogens (tertiary/aromatic N) is 1. The predicted octanol–water partition coefficient (Wildman–Crippen LogP) is 2.79. The third-order valence-electron chi connectivity index (χ3n) is 2.90. The Bertz CT molecular complexity index is 566. The van der Waals surface area contributed by atoms with Crippen LogP contribution in [0, 0.1) is 0 Å². The van der Waals surface area contributed by atoms with Crippen molar-refractivity contribution in [3.63, 3.8) is 0 Å². The van der Waals surface area contributed by atoms with Crippen molar-refractivity contribution in [3.05, 3.63) is 28.2 Å². The fourth-order valence-corrected chi connectivity index (χ4v) is 4.47. The molecule has 7 heteroatoms. The summed E-state index contributed by atoms with van der Waals surface area (Å²) in [5.74, 6) is 0. The molecule has 0 N–H and O–H groups in total. The van der Waals surface area contributed by atoms with Gasteiger partial charge in [0.1, 0.15) is 4.90 Å². The van der Waals surface area contributed by atoms with Crippen LogP contribution < -0.4 is 0 Å². The van der Waals surface area contributed by atoms with Gasteiger partial charge in [0.15, 0.2) is 0 Å². The van der Waals surface area contributed by atoms with Gasteiger partial charge in [0.2, 0.25) is 10.0 Å². The third kappa shape index (κ3) is 3.23. The van der Waals surface area contributed by atoms with Crippen molar-refractivity contribution < 1.29 is 13.2 Å². The molecule has 0 bridgehead atoms. The van der Waals surface area contributed by atoms with Gasteiger partial charge in [0.25, 0.3) is 0 Å². The largest absolute Gasteiger partial charge is 0.373 e. The van der Waals surface area contributed by atoms with Crippen molar-refractivity contribution in [1.29, 1.82) is 0 Å². The lowest BCUT2D eigenvalue weighted by molar-refractivity contribution is -0.0440. The van der Waals surface area contributed by atoms with Crippen molar-refractivity contribution in [1.82, 2.24) is 4.31 Å². The Hall–Kier alpha value is -0.330. The number of rotatable bonds is 2. The van der Waals surface area contributed by atoms with Gasteiger partial charge < -0.3 is 4.74 Å². The molecule has 0 saturated carbocycles. The summed E-state index contributed by atoms with van der Waals surface area (Å²) in [4.78, 5) is 0.0444. The zero-order chi connectivity index (χ0) is 14.2. The number of morpholine rings is 1. The van der Waals surface area contributed by atoms with Crippen LogP contribution in [0.2, 0.25) is 10.0 Å². The molecule has 1 fully saturated rings. The summed E-state index contributed by atoms with van der Waals surface area (Å²) in [5.41, 5.74) is 0. The fraction of sp³-hybridized carbons (Fsp3) is 0.500. The van der Waals surface area contributed by atoms with E-state index in [1.807, 2.05) is 13.8 Å². The second-order valence-corrected chi connectivity index (χ2v) is 7.40. The van der Waals surface area contributed by atoms with Gasteiger partial charge >= 0.3 is 0 Å². The molecule has 1 heterocycles. The molecule has 4 nitrogen and oxygen atoms in total. The van der Waals surface area contributed by atoms with Gasteiger partial charge in [-0.15, -0.1) is 0 Å². The van der Waals surface area contributed by atoms with Gasteiger partial charge in [-0.1, -0.05) is 23.2 Å². The number of ether oxygens (including phenoxy) is 1. The quantitative estimate of drug-likeness (QED) is 0.840. The molecule has 1 aromatic carbocycles. The summed E-state index contributed by atoms with van der Waals surface area (Å²) in [6.07, 6.45) is -0.284. The maximum absolute atomic E-state index is 12.6. The van der Waals surface area contributed by atoms with Crippen LogP contribution in [0.3, 0.4) is 0 Å². The van der Waals surface area contributed by atoms with Crippen LogP contribution in [0.1, 0.15) is 13.8 Å². The lowest BCUT2D eigenvalue weighted by Gasteiger charge is -2.34. The zero-order valence-corrected chi connectivity index (χ0v) is 13.0. The first-order chi connectivity index (χ1) is 8.80. The Balaban J connectivity index is 2.39. The molecule has 0 radical (unpaired) electrons. The van der Waals surface area contributed by atoms with Crippen molar-refractivity contribution in [3.8, 4) is 0 Å². The average Bonchev–Trinajstić information content (AvgIpc) is 2.31. The Morgan fingerprint density at radius 3 is 2.37 bits per heavy atom. The van der Waals surface area contributed by atoms with E-state index in [-0.39, 0.29) is 22.1 Å². The minimum absolute atomic E-state index is 0.0444. The molecule has 0 aromatic heterocycles. The highest BCUT2D eigenvalue weighted by Crippen LogP contribution is 2.29. The maximum Gasteiger partial charge on any atom is 0.244 e. The van der Waals surface area contributed by atoms with Gasteiger partial charge in [0, 0.05) is 18.1 Å². The van der Waals surface area contributed by atoms with Crippen LogP contribution in [0.15, 0.2) is 23.1 Å². The Kier molecular flexibility index (Phi) is 4.42. The van der Waals surface area contributed by atoms with Crippen LogP contribution >= 0.6 is 23.2 Å². The van der Waals surface area contributed by atoms with E-state index in [9.17, 15) is 8.42 Å². The van der Waals surface area contributed by atoms with E-state index in [1.165, 1.54) is 16.4 Å². The second-order valence-electron chi connectivity index (χ2n) is 4.65. The molecule has 0 aliphatic carbocycles. The SMILES string of the molecule is CC1CN(S(=O)(=O)c2cc(Cl)ccc2Cl)CC(C)O1. The molecule has 0 spiro atoms. The molecule has 19 heavy (non-hydrogen) atoms. The Labute approximate surface area is 123 Å². The molecule has 0 amide bonds. The lowest BCUT2D eigenvalue weighted by atomic mass is 10.3. The summed E-state index contributed by atoms with van der Waals surface area (Å²) in [6, 6.07) is 4.43. The second kappa shape index (κ2) is 5.58. The highest BCUT2D eigenvalue weighted by molar-refractivity contribution is 7.89. The van der Waals surface area contributed by atoms with Crippen LogP contribution in [0.5, 0.6) is 0 Å². The van der Waals surface area contributed by atoms with Crippen molar-refractivity contribution in [2.24, 2.45) is 0 Å². The van der Waals surface area contributed by atoms with Crippen LogP contribution in [-0.4, -0.2) is 38.0 Å². The molecular weight excluding hydrogens is 309 g/mol. The maximum atomic E-state index is 12.6. The smallest absolute Gasteiger partial charge is 0.244 e. The highest BCUT2D eigenvalue weighted by Gasteiger charge is 2.33. The molecule has 2 atom stereocenters. The summed E-state index contributed by atoms with van der Waals surface area (Å²) >= 11 is 11.8. The molecule has 1 aliphatic heterocycles. The van der Waals surface area contributed by atoms with E-state index < -0.39 is 10.0 Å². The molecule has 2 unspecified atom stereocenters. The van der Waals surface area contributed by atoms with E-state index in [2.05, 4.69) is 0 Å². The monoisotopic (exact) mass is 323 g/mol. The van der Waals surface area contributed by atoms with Gasteiger partial charge in [-0.05, 0) is 32.0 Å². The van der Waals surface area contributed by atoms with Gasteiger partial charge in [-0.2, -0.15) is 4.31 Å². The Morgan fingerprint density at radius 1 is 1.21 bits per heavy atom. The minimum atomic E-state index is -3.64. The van der Waals surface area contributed by atoms with E-state index in [0.717, 1.165) is 0 Å². The summed E-state index contributed by atoms with van der Waals surface area (Å²) < 4.78 is 32.1. The minimum Gasteiger partial charge on any atom is -0.373 e. The normalized spacial score (nSPS) is 25.5. The number of benzene rings is 1. The van der Waals surface area contributed by atoms with Crippen LogP contribution in [0.25, 0.3) is 0 Å². The number of hydrogen-bond donors (Lipinski definition) is 0.